The molecule has 1 aromatic rings. The lowest BCUT2D eigenvalue weighted by atomic mass is 9.85. The number of ether oxygens (including phenoxy) is 2. The molecule has 0 radical (unpaired) electrons. The first-order valence-corrected chi connectivity index (χ1v) is 7.33. The van der Waals surface area contributed by atoms with E-state index < -0.39 is 0 Å². The van der Waals surface area contributed by atoms with Crippen molar-refractivity contribution < 1.29 is 13.9 Å². The van der Waals surface area contributed by atoms with E-state index in [4.69, 9.17) is 9.47 Å². The first kappa shape index (κ1) is 14.8. The number of rotatable bonds is 6. The number of hydrogen-bond acceptors (Lipinski definition) is 3. The fourth-order valence-corrected chi connectivity index (χ4v) is 2.61. The van der Waals surface area contributed by atoms with Gasteiger partial charge in [-0.2, -0.15) is 0 Å². The van der Waals surface area contributed by atoms with Crippen molar-refractivity contribution in [2.45, 2.75) is 38.0 Å². The van der Waals surface area contributed by atoms with Crippen molar-refractivity contribution in [3.05, 3.63) is 28.5 Å². The third-order valence-electron chi connectivity index (χ3n) is 3.35. The molecule has 0 saturated heterocycles. The maximum atomic E-state index is 13.2. The molecular weight excluding hydrogens is 313 g/mol. The van der Waals surface area contributed by atoms with Crippen LogP contribution in [0.4, 0.5) is 4.39 Å². The number of halogens is 2. The van der Waals surface area contributed by atoms with Crippen LogP contribution in [0, 0.1) is 5.82 Å². The molecule has 0 spiro atoms. The number of nitrogens with one attached hydrogen (secondary N) is 1. The molecule has 5 heteroatoms. The van der Waals surface area contributed by atoms with Gasteiger partial charge in [0.05, 0.1) is 4.47 Å². The van der Waals surface area contributed by atoms with Crippen LogP contribution in [0.2, 0.25) is 0 Å². The van der Waals surface area contributed by atoms with Crippen LogP contribution in [-0.2, 0) is 4.74 Å². The molecule has 1 saturated carbocycles. The summed E-state index contributed by atoms with van der Waals surface area (Å²) in [6.45, 7) is 3.10. The highest BCUT2D eigenvalue weighted by atomic mass is 79.9. The Morgan fingerprint density at radius 2 is 2.26 bits per heavy atom. The smallest absolute Gasteiger partial charge is 0.136 e. The van der Waals surface area contributed by atoms with E-state index in [0.717, 1.165) is 23.9 Å². The summed E-state index contributed by atoms with van der Waals surface area (Å²) >= 11 is 3.36. The minimum atomic E-state index is -0.299. The molecule has 106 valence electrons. The van der Waals surface area contributed by atoms with Gasteiger partial charge in [0.1, 0.15) is 23.8 Å². The van der Waals surface area contributed by atoms with Gasteiger partial charge < -0.3 is 14.8 Å². The van der Waals surface area contributed by atoms with Gasteiger partial charge in [-0.25, -0.2) is 4.39 Å². The first-order chi connectivity index (χ1) is 9.15. The van der Waals surface area contributed by atoms with Crippen molar-refractivity contribution in [3.8, 4) is 5.75 Å². The molecule has 19 heavy (non-hydrogen) atoms. The van der Waals surface area contributed by atoms with Gasteiger partial charge in [-0.05, 0) is 41.0 Å². The van der Waals surface area contributed by atoms with Crippen molar-refractivity contribution in [1.29, 1.82) is 0 Å². The SMILES string of the molecule is CCCNC1CC(Oc2cc(F)ccc2Br)C1OC. The minimum Gasteiger partial charge on any atom is -0.486 e. The van der Waals surface area contributed by atoms with Crippen LogP contribution in [-0.4, -0.2) is 31.9 Å². The molecule has 0 bridgehead atoms. The molecule has 0 aromatic heterocycles. The van der Waals surface area contributed by atoms with Crippen LogP contribution in [0.3, 0.4) is 0 Å². The Balaban J connectivity index is 1.95. The zero-order valence-corrected chi connectivity index (χ0v) is 12.7. The summed E-state index contributed by atoms with van der Waals surface area (Å²) in [6, 6.07) is 4.76. The minimum absolute atomic E-state index is 0.0155. The Bertz CT molecular complexity index is 430. The average molecular weight is 332 g/mol. The highest BCUT2D eigenvalue weighted by Crippen LogP contribution is 2.33. The lowest BCUT2D eigenvalue weighted by Crippen LogP contribution is -2.61. The predicted molar refractivity (Wildman–Crippen MR) is 76.0 cm³/mol. The van der Waals surface area contributed by atoms with Gasteiger partial charge in [0.15, 0.2) is 0 Å². The fraction of sp³-hybridized carbons (Fsp3) is 0.571. The van der Waals surface area contributed by atoms with Gasteiger partial charge in [-0.15, -0.1) is 0 Å². The van der Waals surface area contributed by atoms with E-state index in [1.54, 1.807) is 13.2 Å². The topological polar surface area (TPSA) is 30.5 Å². The molecule has 1 N–H and O–H groups in total. The van der Waals surface area contributed by atoms with E-state index in [-0.39, 0.29) is 18.0 Å². The summed E-state index contributed by atoms with van der Waals surface area (Å²) in [5.74, 6) is 0.230. The maximum Gasteiger partial charge on any atom is 0.136 e. The van der Waals surface area contributed by atoms with Crippen LogP contribution in [0.25, 0.3) is 0 Å². The summed E-state index contributed by atoms with van der Waals surface area (Å²) < 4.78 is 25.2. The summed E-state index contributed by atoms with van der Waals surface area (Å²) in [5.41, 5.74) is 0. The van der Waals surface area contributed by atoms with Gasteiger partial charge >= 0.3 is 0 Å². The first-order valence-electron chi connectivity index (χ1n) is 6.53. The summed E-state index contributed by atoms with van der Waals surface area (Å²) in [4.78, 5) is 0. The molecule has 2 rings (SSSR count). The Kier molecular flexibility index (Phi) is 5.19. The number of hydrogen-bond donors (Lipinski definition) is 1. The Hall–Kier alpha value is -0.650. The normalized spacial score (nSPS) is 26.0. The van der Waals surface area contributed by atoms with Crippen LogP contribution in [0.15, 0.2) is 22.7 Å². The zero-order valence-electron chi connectivity index (χ0n) is 11.2. The van der Waals surface area contributed by atoms with Gasteiger partial charge in [0.25, 0.3) is 0 Å². The van der Waals surface area contributed by atoms with E-state index in [1.807, 2.05) is 0 Å². The molecule has 3 atom stereocenters. The van der Waals surface area contributed by atoms with Gasteiger partial charge in [-0.3, -0.25) is 0 Å². The van der Waals surface area contributed by atoms with Crippen LogP contribution in [0.5, 0.6) is 5.75 Å². The molecular formula is C14H19BrFNO2. The van der Waals surface area contributed by atoms with E-state index in [1.165, 1.54) is 12.1 Å². The van der Waals surface area contributed by atoms with Gasteiger partial charge in [0, 0.05) is 25.6 Å². The zero-order chi connectivity index (χ0) is 13.8. The molecule has 0 heterocycles. The Morgan fingerprint density at radius 1 is 1.47 bits per heavy atom. The highest BCUT2D eigenvalue weighted by molar-refractivity contribution is 9.10. The van der Waals surface area contributed by atoms with Crippen LogP contribution in [0.1, 0.15) is 19.8 Å². The Morgan fingerprint density at radius 3 is 2.95 bits per heavy atom. The van der Waals surface area contributed by atoms with Crippen molar-refractivity contribution in [1.82, 2.24) is 5.32 Å². The molecule has 1 aliphatic rings. The maximum absolute atomic E-state index is 13.2. The lowest BCUT2D eigenvalue weighted by molar-refractivity contribution is -0.0890. The average Bonchev–Trinajstić information content (AvgIpc) is 2.37. The quantitative estimate of drug-likeness (QED) is 0.868. The molecule has 1 fully saturated rings. The van der Waals surface area contributed by atoms with Gasteiger partial charge in [0.2, 0.25) is 0 Å². The van der Waals surface area contributed by atoms with Crippen LogP contribution >= 0.6 is 15.9 Å². The van der Waals surface area contributed by atoms with E-state index in [0.29, 0.717) is 11.8 Å². The van der Waals surface area contributed by atoms with Crippen molar-refractivity contribution in [2.24, 2.45) is 0 Å². The summed E-state index contributed by atoms with van der Waals surface area (Å²) in [5, 5.41) is 3.42. The van der Waals surface area contributed by atoms with Crippen molar-refractivity contribution in [2.75, 3.05) is 13.7 Å². The summed E-state index contributed by atoms with van der Waals surface area (Å²) in [7, 11) is 1.68. The van der Waals surface area contributed by atoms with Crippen molar-refractivity contribution >= 4 is 15.9 Å². The molecule has 3 nitrogen and oxygen atoms in total. The third-order valence-corrected chi connectivity index (χ3v) is 4.00. The molecule has 1 aliphatic carbocycles. The summed E-state index contributed by atoms with van der Waals surface area (Å²) in [6.07, 6.45) is 1.95. The number of benzene rings is 1. The van der Waals surface area contributed by atoms with Crippen LogP contribution < -0.4 is 10.1 Å². The van der Waals surface area contributed by atoms with Gasteiger partial charge in [-0.1, -0.05) is 6.92 Å². The molecule has 0 amide bonds. The largest absolute Gasteiger partial charge is 0.486 e. The lowest BCUT2D eigenvalue weighted by Gasteiger charge is -2.43. The molecule has 3 unspecified atom stereocenters. The fourth-order valence-electron chi connectivity index (χ4n) is 2.27. The molecule has 1 aromatic carbocycles. The standard InChI is InChI=1S/C14H19BrFNO2/c1-3-6-17-11-8-13(14(11)18-2)19-12-7-9(16)4-5-10(12)15/h4-5,7,11,13-14,17H,3,6,8H2,1-2H3. The monoisotopic (exact) mass is 331 g/mol. The van der Waals surface area contributed by atoms with E-state index in [9.17, 15) is 4.39 Å². The molecule has 0 aliphatic heterocycles. The Labute approximate surface area is 121 Å². The second-order valence-corrected chi connectivity index (χ2v) is 5.58. The highest BCUT2D eigenvalue weighted by Gasteiger charge is 2.43. The predicted octanol–water partition coefficient (Wildman–Crippen LogP) is 3.12. The van der Waals surface area contributed by atoms with Crippen molar-refractivity contribution in [3.63, 3.8) is 0 Å². The second kappa shape index (κ2) is 6.68. The van der Waals surface area contributed by atoms with E-state index in [2.05, 4.69) is 28.2 Å². The second-order valence-electron chi connectivity index (χ2n) is 4.73. The van der Waals surface area contributed by atoms with E-state index >= 15 is 0 Å². The number of methoxy groups -OCH3 is 1. The third kappa shape index (κ3) is 3.46.